The summed E-state index contributed by atoms with van der Waals surface area (Å²) in [5, 5.41) is 8.15. The summed E-state index contributed by atoms with van der Waals surface area (Å²) >= 11 is 0. The number of anilines is 1. The minimum Gasteiger partial charge on any atom is -0.382 e. The summed E-state index contributed by atoms with van der Waals surface area (Å²) in [7, 11) is 0. The molecular formula is C24H26N4O. The van der Waals surface area contributed by atoms with Gasteiger partial charge in [0.05, 0.1) is 5.69 Å². The number of hydrogen-bond acceptors (Lipinski definition) is 4. The predicted molar refractivity (Wildman–Crippen MR) is 116 cm³/mol. The van der Waals surface area contributed by atoms with Crippen molar-refractivity contribution < 1.29 is 4.79 Å². The van der Waals surface area contributed by atoms with Crippen molar-refractivity contribution in [1.29, 1.82) is 0 Å². The predicted octanol–water partition coefficient (Wildman–Crippen LogP) is 4.31. The number of hydrogen-bond donors (Lipinski definition) is 1. The minimum atomic E-state index is 0.0970. The van der Waals surface area contributed by atoms with Gasteiger partial charge in [-0.1, -0.05) is 43.3 Å². The van der Waals surface area contributed by atoms with Gasteiger partial charge in [-0.2, -0.15) is 5.10 Å². The average Bonchev–Trinajstić information content (AvgIpc) is 2.79. The number of aromatic nitrogens is 2. The van der Waals surface area contributed by atoms with E-state index in [1.807, 2.05) is 35.2 Å². The number of nitrogens with zero attached hydrogens (tertiary/aromatic N) is 3. The molecule has 4 rings (SSSR count). The van der Waals surface area contributed by atoms with Crippen LogP contribution >= 0.6 is 0 Å². The third-order valence-corrected chi connectivity index (χ3v) is 5.73. The van der Waals surface area contributed by atoms with Crippen LogP contribution in [0.1, 0.15) is 47.3 Å². The van der Waals surface area contributed by atoms with Gasteiger partial charge in [0.25, 0.3) is 5.91 Å². The molecule has 0 aliphatic carbocycles. The van der Waals surface area contributed by atoms with Crippen LogP contribution in [0.3, 0.4) is 0 Å². The van der Waals surface area contributed by atoms with E-state index in [4.69, 9.17) is 5.73 Å². The number of likely N-dealkylation sites (tertiary alicyclic amines) is 1. The molecule has 5 heteroatoms. The summed E-state index contributed by atoms with van der Waals surface area (Å²) in [4.78, 5) is 14.8. The number of carbonyl (C=O) groups excluding carboxylic acids is 1. The molecule has 0 radical (unpaired) electrons. The van der Waals surface area contributed by atoms with E-state index in [1.54, 1.807) is 6.07 Å². The quantitative estimate of drug-likeness (QED) is 0.725. The molecular weight excluding hydrogens is 360 g/mol. The highest BCUT2D eigenvalue weighted by atomic mass is 16.2. The van der Waals surface area contributed by atoms with Crippen LogP contribution in [0.5, 0.6) is 0 Å². The molecule has 3 aromatic rings. The van der Waals surface area contributed by atoms with E-state index in [0.717, 1.165) is 49.2 Å². The van der Waals surface area contributed by atoms with E-state index in [-0.39, 0.29) is 5.91 Å². The summed E-state index contributed by atoms with van der Waals surface area (Å²) in [6.07, 6.45) is 2.83. The fourth-order valence-electron chi connectivity index (χ4n) is 3.87. The first-order valence-electron chi connectivity index (χ1n) is 10.2. The van der Waals surface area contributed by atoms with Crippen LogP contribution in [0.15, 0.2) is 60.7 Å². The molecule has 2 aromatic carbocycles. The van der Waals surface area contributed by atoms with E-state index >= 15 is 0 Å². The third kappa shape index (κ3) is 4.29. The van der Waals surface area contributed by atoms with Crippen molar-refractivity contribution in [1.82, 2.24) is 15.1 Å². The standard InChI is InChI=1S/C24H26N4O/c1-2-17-3-5-18(6-4-17)19-7-9-21(10-8-19)24(29)28-15-13-20(14-16-28)22-11-12-23(25)27-26-22/h3-12,20H,2,13-16H2,1H3,(H2,25,27). The van der Waals surface area contributed by atoms with E-state index < -0.39 is 0 Å². The van der Waals surface area contributed by atoms with Gasteiger partial charge in [-0.15, -0.1) is 5.10 Å². The van der Waals surface area contributed by atoms with Gasteiger partial charge < -0.3 is 10.6 Å². The maximum Gasteiger partial charge on any atom is 0.253 e. The number of piperidine rings is 1. The Morgan fingerprint density at radius 1 is 0.931 bits per heavy atom. The zero-order chi connectivity index (χ0) is 20.2. The molecule has 148 valence electrons. The Bertz CT molecular complexity index is 957. The van der Waals surface area contributed by atoms with Gasteiger partial charge in [-0.3, -0.25) is 4.79 Å². The molecule has 0 unspecified atom stereocenters. The number of rotatable bonds is 4. The Labute approximate surface area is 171 Å². The van der Waals surface area contributed by atoms with Crippen molar-refractivity contribution in [3.8, 4) is 11.1 Å². The lowest BCUT2D eigenvalue weighted by molar-refractivity contribution is 0.0712. The monoisotopic (exact) mass is 386 g/mol. The Morgan fingerprint density at radius 3 is 2.10 bits per heavy atom. The zero-order valence-corrected chi connectivity index (χ0v) is 16.7. The molecule has 0 bridgehead atoms. The molecule has 1 aliphatic rings. The van der Waals surface area contributed by atoms with Crippen molar-refractivity contribution >= 4 is 11.7 Å². The van der Waals surface area contributed by atoms with Crippen LogP contribution in [-0.2, 0) is 6.42 Å². The molecule has 1 aromatic heterocycles. The van der Waals surface area contributed by atoms with Crippen LogP contribution in [0.2, 0.25) is 0 Å². The molecule has 1 aliphatic heterocycles. The fraction of sp³-hybridized carbons (Fsp3) is 0.292. The van der Waals surface area contributed by atoms with Gasteiger partial charge in [0.2, 0.25) is 0 Å². The number of nitrogen functional groups attached to an aromatic ring is 1. The Morgan fingerprint density at radius 2 is 1.55 bits per heavy atom. The molecule has 1 saturated heterocycles. The summed E-state index contributed by atoms with van der Waals surface area (Å²) in [6, 6.07) is 20.3. The first-order chi connectivity index (χ1) is 14.1. The number of amides is 1. The van der Waals surface area contributed by atoms with Crippen LogP contribution in [-0.4, -0.2) is 34.1 Å². The second kappa shape index (κ2) is 8.43. The molecule has 0 atom stereocenters. The van der Waals surface area contributed by atoms with Crippen LogP contribution in [0, 0.1) is 0 Å². The van der Waals surface area contributed by atoms with Gasteiger partial charge in [0.1, 0.15) is 5.82 Å². The number of carbonyl (C=O) groups is 1. The molecule has 2 N–H and O–H groups in total. The smallest absolute Gasteiger partial charge is 0.253 e. The molecule has 29 heavy (non-hydrogen) atoms. The lowest BCUT2D eigenvalue weighted by atomic mass is 9.93. The van der Waals surface area contributed by atoms with Crippen molar-refractivity contribution in [2.75, 3.05) is 18.8 Å². The largest absolute Gasteiger partial charge is 0.382 e. The first kappa shape index (κ1) is 19.1. The highest BCUT2D eigenvalue weighted by molar-refractivity contribution is 5.94. The van der Waals surface area contributed by atoms with Crippen LogP contribution in [0.4, 0.5) is 5.82 Å². The maximum absolute atomic E-state index is 12.9. The SMILES string of the molecule is CCc1ccc(-c2ccc(C(=O)N3CCC(c4ccc(N)nn4)CC3)cc2)cc1. The van der Waals surface area contributed by atoms with Crippen molar-refractivity contribution in [3.63, 3.8) is 0 Å². The van der Waals surface area contributed by atoms with Crippen molar-refractivity contribution in [3.05, 3.63) is 77.5 Å². The summed E-state index contributed by atoms with van der Waals surface area (Å²) < 4.78 is 0. The highest BCUT2D eigenvalue weighted by Crippen LogP contribution is 2.28. The zero-order valence-electron chi connectivity index (χ0n) is 16.7. The van der Waals surface area contributed by atoms with E-state index in [2.05, 4.69) is 41.4 Å². The maximum atomic E-state index is 12.9. The van der Waals surface area contributed by atoms with Gasteiger partial charge in [0, 0.05) is 24.6 Å². The third-order valence-electron chi connectivity index (χ3n) is 5.73. The summed E-state index contributed by atoms with van der Waals surface area (Å²) in [5.41, 5.74) is 10.9. The second-order valence-electron chi connectivity index (χ2n) is 7.58. The normalized spacial score (nSPS) is 14.7. The molecule has 2 heterocycles. The van der Waals surface area contributed by atoms with Crippen LogP contribution in [0.25, 0.3) is 11.1 Å². The molecule has 1 amide bonds. The van der Waals surface area contributed by atoms with E-state index in [0.29, 0.717) is 11.7 Å². The lowest BCUT2D eigenvalue weighted by Crippen LogP contribution is -2.38. The Hall–Kier alpha value is -3.21. The Balaban J connectivity index is 1.39. The van der Waals surface area contributed by atoms with Gasteiger partial charge >= 0.3 is 0 Å². The molecule has 0 saturated carbocycles. The number of aryl methyl sites for hydroxylation is 1. The van der Waals surface area contributed by atoms with Gasteiger partial charge in [0.15, 0.2) is 0 Å². The topological polar surface area (TPSA) is 72.1 Å². The van der Waals surface area contributed by atoms with Crippen LogP contribution < -0.4 is 5.73 Å². The summed E-state index contributed by atoms with van der Waals surface area (Å²) in [5.74, 6) is 0.867. The second-order valence-corrected chi connectivity index (χ2v) is 7.58. The van der Waals surface area contributed by atoms with Crippen molar-refractivity contribution in [2.45, 2.75) is 32.1 Å². The lowest BCUT2D eigenvalue weighted by Gasteiger charge is -2.31. The molecule has 0 spiro atoms. The van der Waals surface area contributed by atoms with E-state index in [9.17, 15) is 4.79 Å². The van der Waals surface area contributed by atoms with Gasteiger partial charge in [-0.05, 0) is 60.2 Å². The Kier molecular flexibility index (Phi) is 5.56. The van der Waals surface area contributed by atoms with Gasteiger partial charge in [-0.25, -0.2) is 0 Å². The average molecular weight is 386 g/mol. The minimum absolute atomic E-state index is 0.0970. The fourth-order valence-corrected chi connectivity index (χ4v) is 3.87. The molecule has 5 nitrogen and oxygen atoms in total. The first-order valence-corrected chi connectivity index (χ1v) is 10.2. The highest BCUT2D eigenvalue weighted by Gasteiger charge is 2.25. The summed E-state index contributed by atoms with van der Waals surface area (Å²) in [6.45, 7) is 3.62. The van der Waals surface area contributed by atoms with Crippen molar-refractivity contribution in [2.24, 2.45) is 0 Å². The molecule has 1 fully saturated rings. The number of nitrogens with two attached hydrogens (primary N) is 1. The number of benzene rings is 2. The van der Waals surface area contributed by atoms with E-state index in [1.165, 1.54) is 11.1 Å².